The lowest BCUT2D eigenvalue weighted by Crippen LogP contribution is -2.39. The van der Waals surface area contributed by atoms with Gasteiger partial charge in [0.05, 0.1) is 24.5 Å². The minimum Gasteiger partial charge on any atom is -0.356 e. The highest BCUT2D eigenvalue weighted by molar-refractivity contribution is 7.99. The van der Waals surface area contributed by atoms with Gasteiger partial charge >= 0.3 is 6.61 Å². The van der Waals surface area contributed by atoms with Gasteiger partial charge in [0.1, 0.15) is 17.5 Å². The molecule has 13 heteroatoms. The van der Waals surface area contributed by atoms with Crippen LogP contribution < -0.4 is 10.2 Å². The van der Waals surface area contributed by atoms with Crippen molar-refractivity contribution in [3.63, 3.8) is 0 Å². The van der Waals surface area contributed by atoms with E-state index in [1.54, 1.807) is 6.07 Å². The van der Waals surface area contributed by atoms with Crippen molar-refractivity contribution in [1.29, 1.82) is 0 Å². The number of fused-ring (bicyclic) bond motifs is 1. The molecule has 1 fully saturated rings. The second-order valence-corrected chi connectivity index (χ2v) is 12.3. The van der Waals surface area contributed by atoms with Crippen molar-refractivity contribution in [3.05, 3.63) is 83.2 Å². The molecule has 238 valence electrons. The lowest BCUT2D eigenvalue weighted by Gasteiger charge is -2.36. The molecule has 45 heavy (non-hydrogen) atoms. The number of ether oxygens (including phenoxy) is 1. The molecule has 1 aliphatic rings. The minimum absolute atomic E-state index is 0.00220. The highest BCUT2D eigenvalue weighted by Gasteiger charge is 2.24. The second-order valence-electron chi connectivity index (χ2n) is 11.2. The summed E-state index contributed by atoms with van der Waals surface area (Å²) >= 11 is 0.163. The van der Waals surface area contributed by atoms with Crippen LogP contribution in [0.1, 0.15) is 41.9 Å². The van der Waals surface area contributed by atoms with Gasteiger partial charge < -0.3 is 15.0 Å². The molecule has 1 saturated heterocycles. The molecular weight excluding hydrogens is 618 g/mol. The Bertz CT molecular complexity index is 1680. The van der Waals surface area contributed by atoms with Crippen LogP contribution in [-0.2, 0) is 17.9 Å². The molecule has 0 radical (unpaired) electrons. The molecule has 0 aliphatic carbocycles. The zero-order chi connectivity index (χ0) is 32.2. The van der Waals surface area contributed by atoms with Gasteiger partial charge in [-0.1, -0.05) is 31.7 Å². The molecule has 2 aromatic heterocycles. The Labute approximate surface area is 260 Å². The molecule has 1 N–H and O–H groups in total. The van der Waals surface area contributed by atoms with Gasteiger partial charge in [0, 0.05) is 58.2 Å². The van der Waals surface area contributed by atoms with E-state index >= 15 is 4.39 Å². The summed E-state index contributed by atoms with van der Waals surface area (Å²) in [5.41, 5.74) is 0.608. The molecule has 5 rings (SSSR count). The average molecular weight is 649 g/mol. The third-order valence-electron chi connectivity index (χ3n) is 7.40. The van der Waals surface area contributed by atoms with Crippen molar-refractivity contribution in [2.45, 2.75) is 50.7 Å². The number of halogens is 6. The number of benzene rings is 2. The summed E-state index contributed by atoms with van der Waals surface area (Å²) in [7, 11) is 0. The molecule has 3 heterocycles. The first-order valence-electron chi connectivity index (χ1n) is 14.2. The zero-order valence-corrected chi connectivity index (χ0v) is 25.2. The Kier molecular flexibility index (Phi) is 10.2. The van der Waals surface area contributed by atoms with Crippen molar-refractivity contribution in [2.75, 3.05) is 18.0 Å². The van der Waals surface area contributed by atoms with E-state index in [9.17, 15) is 26.7 Å². The van der Waals surface area contributed by atoms with Gasteiger partial charge in [-0.25, -0.2) is 13.8 Å². The van der Waals surface area contributed by atoms with Crippen LogP contribution in [-0.4, -0.2) is 41.3 Å². The number of alkyl halides is 4. The van der Waals surface area contributed by atoms with Crippen LogP contribution in [0.15, 0.2) is 59.6 Å². The van der Waals surface area contributed by atoms with Gasteiger partial charge in [0.15, 0.2) is 0 Å². The van der Waals surface area contributed by atoms with Crippen molar-refractivity contribution >= 4 is 34.3 Å². The number of piperidine rings is 1. The summed E-state index contributed by atoms with van der Waals surface area (Å²) in [4.78, 5) is 23.8. The maximum atomic E-state index is 15.9. The number of carbonyl (C=O) groups excluding carboxylic acids is 1. The number of thioether (sulfide) groups is 1. The van der Waals surface area contributed by atoms with Crippen molar-refractivity contribution in [3.8, 4) is 11.3 Å². The number of aromatic nitrogens is 2. The molecule has 0 spiro atoms. The summed E-state index contributed by atoms with van der Waals surface area (Å²) in [5.74, 6) is -3.37. The fourth-order valence-electron chi connectivity index (χ4n) is 5.63. The van der Waals surface area contributed by atoms with Crippen LogP contribution >= 0.6 is 11.8 Å². The van der Waals surface area contributed by atoms with Gasteiger partial charge in [-0.3, -0.25) is 9.78 Å². The highest BCUT2D eigenvalue weighted by Crippen LogP contribution is 2.32. The van der Waals surface area contributed by atoms with Crippen LogP contribution in [0.25, 0.3) is 22.0 Å². The van der Waals surface area contributed by atoms with Crippen LogP contribution in [0.3, 0.4) is 0 Å². The van der Waals surface area contributed by atoms with Gasteiger partial charge in [0.25, 0.3) is 11.7 Å². The van der Waals surface area contributed by atoms with E-state index in [4.69, 9.17) is 0 Å². The molecule has 6 nitrogen and oxygen atoms in total. The Hall–Kier alpha value is -3.84. The number of hydrogen-bond donors (Lipinski definition) is 1. The van der Waals surface area contributed by atoms with Crippen LogP contribution in [0.5, 0.6) is 0 Å². The number of rotatable bonds is 10. The van der Waals surface area contributed by atoms with Gasteiger partial charge in [-0.2, -0.15) is 17.6 Å². The number of amides is 1. The third-order valence-corrected chi connectivity index (χ3v) is 8.09. The summed E-state index contributed by atoms with van der Waals surface area (Å²) in [6.45, 7) is 1.90. The highest BCUT2D eigenvalue weighted by atomic mass is 32.2. The molecule has 1 amide bonds. The van der Waals surface area contributed by atoms with E-state index in [-0.39, 0.29) is 56.7 Å². The monoisotopic (exact) mass is 648 g/mol. The number of nitrogens with one attached hydrogen (secondary N) is 1. The predicted octanol–water partition coefficient (Wildman–Crippen LogP) is 8.04. The standard InChI is InChI=1S/C32H30F6N4O2S/c1-17-5-18(2)15-42(14-17)28-10-22(33)9-27(41-28)25-4-3-20-12-39-23(11-26(20)29(25)34)13-40-30(43)21-6-19(16-44-31(35)36)7-24(8-21)45-32(37)38/h3-4,6-12,17-18,31-32H,5,13-16H2,1-2H3,(H,40,43). The van der Waals surface area contributed by atoms with Crippen molar-refractivity contribution < 1.29 is 35.9 Å². The summed E-state index contributed by atoms with van der Waals surface area (Å²) in [6, 6.07) is 10.9. The predicted molar refractivity (Wildman–Crippen MR) is 160 cm³/mol. The number of hydrogen-bond acceptors (Lipinski definition) is 6. The molecule has 0 saturated carbocycles. The second kappa shape index (κ2) is 14.1. The zero-order valence-electron chi connectivity index (χ0n) is 24.4. The molecule has 1 aliphatic heterocycles. The topological polar surface area (TPSA) is 67.4 Å². The van der Waals surface area contributed by atoms with Gasteiger partial charge in [-0.05, 0) is 54.2 Å². The van der Waals surface area contributed by atoms with Crippen molar-refractivity contribution in [1.82, 2.24) is 15.3 Å². The number of pyridine rings is 2. The Morgan fingerprint density at radius 2 is 1.80 bits per heavy atom. The van der Waals surface area contributed by atoms with E-state index in [1.165, 1.54) is 48.7 Å². The quantitative estimate of drug-likeness (QED) is 0.139. The summed E-state index contributed by atoms with van der Waals surface area (Å²) in [5, 5.41) is 3.26. The summed E-state index contributed by atoms with van der Waals surface area (Å²) < 4.78 is 85.9. The molecular formula is C32H30F6N4O2S. The van der Waals surface area contributed by atoms with E-state index in [0.717, 1.165) is 19.5 Å². The number of carbonyl (C=O) groups is 1. The lowest BCUT2D eigenvalue weighted by molar-refractivity contribution is -0.137. The molecule has 0 bridgehead atoms. The smallest absolute Gasteiger partial charge is 0.345 e. The third kappa shape index (κ3) is 8.26. The molecule has 2 unspecified atom stereocenters. The Morgan fingerprint density at radius 1 is 1.04 bits per heavy atom. The SMILES string of the molecule is CC1CC(C)CN(c2cc(F)cc(-c3ccc4cnc(CNC(=O)c5cc(COC(F)F)cc(SC(F)F)c5)cc4c3F)n2)C1. The first kappa shape index (κ1) is 32.6. The van der Waals surface area contributed by atoms with E-state index in [2.05, 4.69) is 33.9 Å². The summed E-state index contributed by atoms with van der Waals surface area (Å²) in [6.07, 6.45) is 2.50. The maximum absolute atomic E-state index is 15.9. The van der Waals surface area contributed by atoms with Crippen molar-refractivity contribution in [2.24, 2.45) is 11.8 Å². The van der Waals surface area contributed by atoms with Gasteiger partial charge in [0.2, 0.25) is 0 Å². The molecule has 2 aromatic carbocycles. The normalized spacial score (nSPS) is 17.0. The van der Waals surface area contributed by atoms with Crippen LogP contribution in [0.4, 0.5) is 32.2 Å². The first-order chi connectivity index (χ1) is 21.4. The Balaban J connectivity index is 1.37. The first-order valence-corrected chi connectivity index (χ1v) is 15.1. The average Bonchev–Trinajstić information content (AvgIpc) is 2.98. The van der Waals surface area contributed by atoms with E-state index in [0.29, 0.717) is 23.0 Å². The fourth-order valence-corrected chi connectivity index (χ4v) is 6.25. The molecule has 4 aromatic rings. The molecule has 2 atom stereocenters. The van der Waals surface area contributed by atoms with E-state index in [1.807, 2.05) is 4.90 Å². The largest absolute Gasteiger partial charge is 0.356 e. The number of nitrogens with zero attached hydrogens (tertiary/aromatic N) is 3. The van der Waals surface area contributed by atoms with Gasteiger partial charge in [-0.15, -0.1) is 0 Å². The van der Waals surface area contributed by atoms with Crippen LogP contribution in [0.2, 0.25) is 0 Å². The Morgan fingerprint density at radius 3 is 2.51 bits per heavy atom. The lowest BCUT2D eigenvalue weighted by atomic mass is 9.92. The number of anilines is 1. The fraction of sp³-hybridized carbons (Fsp3) is 0.344. The maximum Gasteiger partial charge on any atom is 0.345 e. The minimum atomic E-state index is -3.07. The van der Waals surface area contributed by atoms with E-state index < -0.39 is 36.5 Å². The van der Waals surface area contributed by atoms with Crippen LogP contribution in [0, 0.1) is 23.5 Å².